The summed E-state index contributed by atoms with van der Waals surface area (Å²) in [5.41, 5.74) is 5.41. The van der Waals surface area contributed by atoms with Gasteiger partial charge in [-0.3, -0.25) is 0 Å². The quantitative estimate of drug-likeness (QED) is 0.743. The zero-order chi connectivity index (χ0) is 14.3. The van der Waals surface area contributed by atoms with E-state index in [9.17, 15) is 10.2 Å². The van der Waals surface area contributed by atoms with E-state index in [4.69, 9.17) is 0 Å². The molecular formula is C16H17BrO2. The molecule has 2 nitrogen and oxygen atoms in total. The van der Waals surface area contributed by atoms with Crippen molar-refractivity contribution in [1.82, 2.24) is 0 Å². The van der Waals surface area contributed by atoms with E-state index >= 15 is 0 Å². The summed E-state index contributed by atoms with van der Waals surface area (Å²) in [4.78, 5) is 0. The molecule has 0 radical (unpaired) electrons. The normalized spacial score (nSPS) is 10.8. The van der Waals surface area contributed by atoms with E-state index in [1.807, 2.05) is 45.9 Å². The van der Waals surface area contributed by atoms with Crippen LogP contribution in [0, 0.1) is 27.7 Å². The van der Waals surface area contributed by atoms with Crippen LogP contribution in [-0.2, 0) is 0 Å². The van der Waals surface area contributed by atoms with Crippen LogP contribution in [0.2, 0.25) is 0 Å². The van der Waals surface area contributed by atoms with Crippen molar-refractivity contribution in [1.29, 1.82) is 0 Å². The first-order valence-corrected chi connectivity index (χ1v) is 6.92. The lowest BCUT2D eigenvalue weighted by Gasteiger charge is -2.18. The van der Waals surface area contributed by atoms with Gasteiger partial charge in [-0.15, -0.1) is 0 Å². The third-order valence-electron chi connectivity index (χ3n) is 3.85. The van der Waals surface area contributed by atoms with E-state index in [0.717, 1.165) is 32.3 Å². The first kappa shape index (κ1) is 13.9. The third-order valence-corrected chi connectivity index (χ3v) is 4.71. The number of aromatic hydroxyl groups is 2. The van der Waals surface area contributed by atoms with Gasteiger partial charge in [-0.25, -0.2) is 0 Å². The minimum Gasteiger partial charge on any atom is -0.504 e. The molecule has 0 aromatic heterocycles. The van der Waals surface area contributed by atoms with Gasteiger partial charge in [0.25, 0.3) is 0 Å². The number of benzene rings is 2. The number of hydrogen-bond donors (Lipinski definition) is 2. The molecule has 2 rings (SSSR count). The van der Waals surface area contributed by atoms with Crippen molar-refractivity contribution in [3.8, 4) is 22.6 Å². The molecule has 0 amide bonds. The maximum atomic E-state index is 10.3. The smallest absolute Gasteiger partial charge is 0.166 e. The molecule has 0 aliphatic rings. The Morgan fingerprint density at radius 3 is 2.05 bits per heavy atom. The molecule has 3 heteroatoms. The maximum Gasteiger partial charge on any atom is 0.166 e. The van der Waals surface area contributed by atoms with Gasteiger partial charge in [0.1, 0.15) is 0 Å². The van der Waals surface area contributed by atoms with Crippen LogP contribution >= 0.6 is 15.9 Å². The van der Waals surface area contributed by atoms with E-state index in [1.54, 1.807) is 0 Å². The van der Waals surface area contributed by atoms with Crippen molar-refractivity contribution < 1.29 is 10.2 Å². The van der Waals surface area contributed by atoms with Gasteiger partial charge in [0.2, 0.25) is 0 Å². The summed E-state index contributed by atoms with van der Waals surface area (Å²) < 4.78 is 0.988. The number of phenolic OH excluding ortho intramolecular Hbond substituents is 2. The van der Waals surface area contributed by atoms with Gasteiger partial charge in [-0.05, 0) is 61.6 Å². The van der Waals surface area contributed by atoms with Gasteiger partial charge in [0, 0.05) is 10.0 Å². The summed E-state index contributed by atoms with van der Waals surface area (Å²) in [7, 11) is 0. The standard InChI is InChI=1S/C16H17BrO2/c1-8-9(2)14(16(19)15(18)10(8)3)12-6-5-7-13(17)11(12)4/h5-7,18-19H,1-4H3. The third kappa shape index (κ3) is 2.12. The summed E-state index contributed by atoms with van der Waals surface area (Å²) in [6, 6.07) is 5.85. The van der Waals surface area contributed by atoms with Gasteiger partial charge in [-0.1, -0.05) is 28.1 Å². The molecule has 0 aliphatic heterocycles. The van der Waals surface area contributed by atoms with E-state index < -0.39 is 0 Å². The number of rotatable bonds is 1. The topological polar surface area (TPSA) is 40.5 Å². The maximum absolute atomic E-state index is 10.3. The van der Waals surface area contributed by atoms with Crippen LogP contribution in [0.3, 0.4) is 0 Å². The predicted octanol–water partition coefficient (Wildman–Crippen LogP) is 4.76. The SMILES string of the molecule is Cc1c(Br)cccc1-c1c(C)c(C)c(C)c(O)c1O. The average molecular weight is 321 g/mol. The minimum absolute atomic E-state index is 0.0301. The van der Waals surface area contributed by atoms with Crippen molar-refractivity contribution in [2.24, 2.45) is 0 Å². The van der Waals surface area contributed by atoms with Crippen molar-refractivity contribution >= 4 is 15.9 Å². The molecule has 2 N–H and O–H groups in total. The molecule has 100 valence electrons. The number of halogens is 1. The van der Waals surface area contributed by atoms with Crippen molar-refractivity contribution in [3.05, 3.63) is 44.9 Å². The van der Waals surface area contributed by atoms with Crippen LogP contribution in [0.4, 0.5) is 0 Å². The van der Waals surface area contributed by atoms with Gasteiger partial charge in [0.15, 0.2) is 11.5 Å². The Kier molecular flexibility index (Phi) is 3.59. The Labute approximate surface area is 121 Å². The molecule has 0 unspecified atom stereocenters. The second-order valence-electron chi connectivity index (χ2n) is 4.86. The first-order chi connectivity index (χ1) is 8.86. The molecule has 0 saturated carbocycles. The van der Waals surface area contributed by atoms with Gasteiger partial charge >= 0.3 is 0 Å². The largest absolute Gasteiger partial charge is 0.504 e. The first-order valence-electron chi connectivity index (χ1n) is 6.13. The Bertz CT molecular complexity index is 631. The summed E-state index contributed by atoms with van der Waals surface area (Å²) in [5, 5.41) is 20.3. The highest BCUT2D eigenvalue weighted by Crippen LogP contribution is 2.45. The van der Waals surface area contributed by atoms with Crippen molar-refractivity contribution in [3.63, 3.8) is 0 Å². The highest BCUT2D eigenvalue weighted by atomic mass is 79.9. The van der Waals surface area contributed by atoms with E-state index in [2.05, 4.69) is 15.9 Å². The molecule has 0 spiro atoms. The average Bonchev–Trinajstić information content (AvgIpc) is 2.39. The lowest BCUT2D eigenvalue weighted by molar-refractivity contribution is 0.401. The lowest BCUT2D eigenvalue weighted by Crippen LogP contribution is -1.95. The highest BCUT2D eigenvalue weighted by Gasteiger charge is 2.19. The van der Waals surface area contributed by atoms with Crippen molar-refractivity contribution in [2.75, 3.05) is 0 Å². The van der Waals surface area contributed by atoms with E-state index in [0.29, 0.717) is 5.56 Å². The van der Waals surface area contributed by atoms with Crippen LogP contribution in [-0.4, -0.2) is 10.2 Å². The van der Waals surface area contributed by atoms with Gasteiger partial charge in [0.05, 0.1) is 0 Å². The van der Waals surface area contributed by atoms with E-state index in [1.165, 1.54) is 0 Å². The number of phenols is 2. The molecule has 0 heterocycles. The Morgan fingerprint density at radius 2 is 1.42 bits per heavy atom. The fraction of sp³-hybridized carbons (Fsp3) is 0.250. The van der Waals surface area contributed by atoms with Crippen LogP contribution in [0.5, 0.6) is 11.5 Å². The number of hydrogen-bond acceptors (Lipinski definition) is 2. The molecule has 2 aromatic carbocycles. The molecule has 19 heavy (non-hydrogen) atoms. The molecule has 0 saturated heterocycles. The van der Waals surface area contributed by atoms with Crippen molar-refractivity contribution in [2.45, 2.75) is 27.7 Å². The van der Waals surface area contributed by atoms with Crippen LogP contribution < -0.4 is 0 Å². The zero-order valence-corrected chi connectivity index (χ0v) is 13.1. The molecule has 2 aromatic rings. The zero-order valence-electron chi connectivity index (χ0n) is 11.5. The molecule has 0 fully saturated rings. The monoisotopic (exact) mass is 320 g/mol. The summed E-state index contributed by atoms with van der Waals surface area (Å²) in [5.74, 6) is -0.0701. The molecule has 0 aliphatic carbocycles. The molecule has 0 atom stereocenters. The fourth-order valence-corrected chi connectivity index (χ4v) is 2.69. The second-order valence-corrected chi connectivity index (χ2v) is 5.71. The highest BCUT2D eigenvalue weighted by molar-refractivity contribution is 9.10. The summed E-state index contributed by atoms with van der Waals surface area (Å²) in [6.07, 6.45) is 0. The minimum atomic E-state index is -0.0400. The van der Waals surface area contributed by atoms with Gasteiger partial charge in [-0.2, -0.15) is 0 Å². The molecular weight excluding hydrogens is 304 g/mol. The van der Waals surface area contributed by atoms with Crippen LogP contribution in [0.15, 0.2) is 22.7 Å². The Balaban J connectivity index is 2.87. The van der Waals surface area contributed by atoms with E-state index in [-0.39, 0.29) is 11.5 Å². The van der Waals surface area contributed by atoms with Crippen LogP contribution in [0.1, 0.15) is 22.3 Å². The summed E-state index contributed by atoms with van der Waals surface area (Å²) in [6.45, 7) is 7.73. The van der Waals surface area contributed by atoms with Crippen LogP contribution in [0.25, 0.3) is 11.1 Å². The second kappa shape index (κ2) is 4.89. The Hall–Kier alpha value is -1.48. The molecule has 0 bridgehead atoms. The van der Waals surface area contributed by atoms with Gasteiger partial charge < -0.3 is 10.2 Å². The summed E-state index contributed by atoms with van der Waals surface area (Å²) >= 11 is 3.50. The fourth-order valence-electron chi connectivity index (χ4n) is 2.33. The predicted molar refractivity (Wildman–Crippen MR) is 81.9 cm³/mol. The Morgan fingerprint density at radius 1 is 0.789 bits per heavy atom. The lowest BCUT2D eigenvalue weighted by atomic mass is 9.90.